The SMILES string of the molecule is Cc1cc(C)nc(N2CCN(CCCCN3C(=O)[C@H]4CC[C@H](C3=O)C4(C)C)CC2)n1. The Hall–Kier alpha value is -2.02. The van der Waals surface area contributed by atoms with Crippen LogP contribution in [0.4, 0.5) is 5.95 Å². The van der Waals surface area contributed by atoms with Crippen LogP contribution >= 0.6 is 0 Å². The summed E-state index contributed by atoms with van der Waals surface area (Å²) < 4.78 is 0. The third-order valence-electron chi connectivity index (χ3n) is 7.40. The number of unbranched alkanes of at least 4 members (excludes halogenated alkanes) is 1. The molecule has 2 saturated heterocycles. The lowest BCUT2D eigenvalue weighted by molar-refractivity contribution is -0.160. The van der Waals surface area contributed by atoms with Gasteiger partial charge in [-0.05, 0) is 57.6 Å². The number of hydrogen-bond acceptors (Lipinski definition) is 6. The van der Waals surface area contributed by atoms with E-state index in [1.165, 1.54) is 0 Å². The number of carbonyl (C=O) groups is 2. The molecule has 0 spiro atoms. The van der Waals surface area contributed by atoms with Crippen LogP contribution in [0.3, 0.4) is 0 Å². The fourth-order valence-electron chi connectivity index (χ4n) is 5.53. The average molecular weight is 414 g/mol. The summed E-state index contributed by atoms with van der Waals surface area (Å²) in [6, 6.07) is 2.00. The second kappa shape index (κ2) is 8.25. The summed E-state index contributed by atoms with van der Waals surface area (Å²) in [4.78, 5) is 41.1. The standard InChI is InChI=1S/C23H35N5O2/c1-16-15-17(2)25-22(24-16)27-13-11-26(12-14-27)9-5-6-10-28-20(29)18-7-8-19(21(28)30)23(18,3)4/h15,18-19H,5-14H2,1-4H3/t18-,19-/m1/s1. The number of anilines is 1. The van der Waals surface area contributed by atoms with Crippen molar-refractivity contribution in [1.29, 1.82) is 0 Å². The van der Waals surface area contributed by atoms with E-state index in [-0.39, 0.29) is 29.1 Å². The molecule has 1 aromatic heterocycles. The minimum atomic E-state index is -0.163. The van der Waals surface area contributed by atoms with Crippen LogP contribution in [0.25, 0.3) is 0 Å². The van der Waals surface area contributed by atoms with Crippen LogP contribution in [0.15, 0.2) is 6.07 Å². The van der Waals surface area contributed by atoms with Gasteiger partial charge in [0.25, 0.3) is 0 Å². The lowest BCUT2D eigenvalue weighted by Crippen LogP contribution is -2.54. The van der Waals surface area contributed by atoms with E-state index in [9.17, 15) is 9.59 Å². The first-order valence-electron chi connectivity index (χ1n) is 11.4. The van der Waals surface area contributed by atoms with Crippen molar-refractivity contribution < 1.29 is 9.59 Å². The van der Waals surface area contributed by atoms with Gasteiger partial charge in [-0.25, -0.2) is 9.97 Å². The molecule has 1 aromatic rings. The van der Waals surface area contributed by atoms with Gasteiger partial charge in [0, 0.05) is 55.9 Å². The van der Waals surface area contributed by atoms with E-state index >= 15 is 0 Å². The highest BCUT2D eigenvalue weighted by molar-refractivity contribution is 6.01. The average Bonchev–Trinajstić information content (AvgIpc) is 2.93. The van der Waals surface area contributed by atoms with Gasteiger partial charge in [-0.15, -0.1) is 0 Å². The van der Waals surface area contributed by atoms with E-state index in [1.807, 2.05) is 19.9 Å². The first-order chi connectivity index (χ1) is 14.3. The van der Waals surface area contributed by atoms with E-state index in [1.54, 1.807) is 4.90 Å². The summed E-state index contributed by atoms with van der Waals surface area (Å²) in [5, 5.41) is 0. The smallest absolute Gasteiger partial charge is 0.232 e. The van der Waals surface area contributed by atoms with Gasteiger partial charge in [0.1, 0.15) is 0 Å². The molecule has 3 fully saturated rings. The van der Waals surface area contributed by atoms with Crippen LogP contribution in [0.1, 0.15) is 50.9 Å². The van der Waals surface area contributed by atoms with Gasteiger partial charge in [0.15, 0.2) is 0 Å². The van der Waals surface area contributed by atoms with Crippen molar-refractivity contribution >= 4 is 17.8 Å². The third-order valence-corrected chi connectivity index (χ3v) is 7.40. The largest absolute Gasteiger partial charge is 0.338 e. The van der Waals surface area contributed by atoms with E-state index in [2.05, 4.69) is 33.6 Å². The maximum absolute atomic E-state index is 12.8. The molecule has 4 rings (SSSR count). The van der Waals surface area contributed by atoms with Crippen LogP contribution in [0.2, 0.25) is 0 Å². The topological polar surface area (TPSA) is 69.6 Å². The number of hydrogen-bond donors (Lipinski definition) is 0. The van der Waals surface area contributed by atoms with Crippen LogP contribution in [-0.4, -0.2) is 70.9 Å². The zero-order chi connectivity index (χ0) is 21.5. The second-order valence-electron chi connectivity index (χ2n) is 9.82. The molecule has 3 aliphatic rings. The number of piperidine rings is 1. The van der Waals surface area contributed by atoms with Crippen molar-refractivity contribution in [2.45, 2.75) is 53.4 Å². The van der Waals surface area contributed by atoms with Gasteiger partial charge in [-0.1, -0.05) is 13.8 Å². The lowest BCUT2D eigenvalue weighted by atomic mass is 9.71. The quantitative estimate of drug-likeness (QED) is 0.527. The molecule has 30 heavy (non-hydrogen) atoms. The highest BCUT2D eigenvalue weighted by Gasteiger charge is 2.56. The predicted octanol–water partition coefficient (Wildman–Crippen LogP) is 2.42. The maximum atomic E-state index is 12.8. The summed E-state index contributed by atoms with van der Waals surface area (Å²) in [6.45, 7) is 13.7. The summed E-state index contributed by atoms with van der Waals surface area (Å²) in [7, 11) is 0. The number of carbonyl (C=O) groups excluding carboxylic acids is 2. The first kappa shape index (κ1) is 21.2. The van der Waals surface area contributed by atoms with Crippen molar-refractivity contribution in [3.63, 3.8) is 0 Å². The Bertz CT molecular complexity index is 770. The normalized spacial score (nSPS) is 26.5. The molecular formula is C23H35N5O2. The van der Waals surface area contributed by atoms with Crippen molar-refractivity contribution in [2.75, 3.05) is 44.2 Å². The maximum Gasteiger partial charge on any atom is 0.232 e. The minimum absolute atomic E-state index is 0.0285. The first-order valence-corrected chi connectivity index (χ1v) is 11.4. The van der Waals surface area contributed by atoms with E-state index in [0.29, 0.717) is 6.54 Å². The number of nitrogens with zero attached hydrogens (tertiary/aromatic N) is 5. The molecule has 7 nitrogen and oxygen atoms in total. The molecule has 7 heteroatoms. The molecule has 2 aliphatic heterocycles. The Kier molecular flexibility index (Phi) is 5.84. The van der Waals surface area contributed by atoms with Gasteiger partial charge in [-0.3, -0.25) is 19.4 Å². The molecule has 2 amide bonds. The lowest BCUT2D eigenvalue weighted by Gasteiger charge is -2.41. The number of aryl methyl sites for hydroxylation is 2. The van der Waals surface area contributed by atoms with Crippen LogP contribution in [0, 0.1) is 31.1 Å². The highest BCUT2D eigenvalue weighted by Crippen LogP contribution is 2.52. The third kappa shape index (κ3) is 3.96. The molecule has 1 aliphatic carbocycles. The fraction of sp³-hybridized carbons (Fsp3) is 0.739. The van der Waals surface area contributed by atoms with Gasteiger partial charge in [0.2, 0.25) is 17.8 Å². The van der Waals surface area contributed by atoms with Crippen molar-refractivity contribution in [1.82, 2.24) is 19.8 Å². The Morgan fingerprint density at radius 2 is 1.43 bits per heavy atom. The van der Waals surface area contributed by atoms with E-state index in [4.69, 9.17) is 0 Å². The molecule has 3 heterocycles. The highest BCUT2D eigenvalue weighted by atomic mass is 16.2. The van der Waals surface area contributed by atoms with E-state index < -0.39 is 0 Å². The molecule has 2 bridgehead atoms. The summed E-state index contributed by atoms with van der Waals surface area (Å²) in [5.41, 5.74) is 1.86. The Morgan fingerprint density at radius 3 is 2.00 bits per heavy atom. The number of aromatic nitrogens is 2. The molecular weight excluding hydrogens is 378 g/mol. The zero-order valence-electron chi connectivity index (χ0n) is 18.9. The summed E-state index contributed by atoms with van der Waals surface area (Å²) in [5.74, 6) is 1.04. The molecule has 1 saturated carbocycles. The molecule has 0 aromatic carbocycles. The van der Waals surface area contributed by atoms with Gasteiger partial charge < -0.3 is 4.90 Å². The number of fused-ring (bicyclic) bond motifs is 2. The predicted molar refractivity (Wildman–Crippen MR) is 116 cm³/mol. The Morgan fingerprint density at radius 1 is 0.900 bits per heavy atom. The van der Waals surface area contributed by atoms with Crippen LogP contribution in [-0.2, 0) is 9.59 Å². The molecule has 164 valence electrons. The van der Waals surface area contributed by atoms with Gasteiger partial charge in [0.05, 0.1) is 0 Å². The number of piperazine rings is 1. The van der Waals surface area contributed by atoms with Crippen molar-refractivity contribution in [2.24, 2.45) is 17.3 Å². The molecule has 0 unspecified atom stereocenters. The Labute approximate surface area is 179 Å². The molecule has 0 radical (unpaired) electrons. The Balaban J connectivity index is 1.21. The van der Waals surface area contributed by atoms with Crippen molar-refractivity contribution in [3.05, 3.63) is 17.5 Å². The molecule has 2 atom stereocenters. The number of likely N-dealkylation sites (tertiary alicyclic amines) is 1. The second-order valence-corrected chi connectivity index (χ2v) is 9.82. The monoisotopic (exact) mass is 413 g/mol. The zero-order valence-corrected chi connectivity index (χ0v) is 18.9. The number of imide groups is 1. The number of rotatable bonds is 6. The van der Waals surface area contributed by atoms with Crippen LogP contribution < -0.4 is 4.90 Å². The minimum Gasteiger partial charge on any atom is -0.338 e. The summed E-state index contributed by atoms with van der Waals surface area (Å²) in [6.07, 6.45) is 3.63. The number of amides is 2. The molecule has 0 N–H and O–H groups in total. The van der Waals surface area contributed by atoms with Gasteiger partial charge in [-0.2, -0.15) is 0 Å². The van der Waals surface area contributed by atoms with Crippen LogP contribution in [0.5, 0.6) is 0 Å². The van der Waals surface area contributed by atoms with Gasteiger partial charge >= 0.3 is 0 Å². The van der Waals surface area contributed by atoms with E-state index in [0.717, 1.165) is 75.7 Å². The fourth-order valence-corrected chi connectivity index (χ4v) is 5.53. The summed E-state index contributed by atoms with van der Waals surface area (Å²) >= 11 is 0. The van der Waals surface area contributed by atoms with Crippen molar-refractivity contribution in [3.8, 4) is 0 Å².